The lowest BCUT2D eigenvalue weighted by atomic mass is 10.2. The largest absolute Gasteiger partial charge is 0.376 e. The highest BCUT2D eigenvalue weighted by Crippen LogP contribution is 2.08. The summed E-state index contributed by atoms with van der Waals surface area (Å²) in [6.45, 7) is 5.00. The van der Waals surface area contributed by atoms with Crippen LogP contribution in [0.1, 0.15) is 18.7 Å². The van der Waals surface area contributed by atoms with Crippen molar-refractivity contribution in [3.63, 3.8) is 0 Å². The molecule has 1 fully saturated rings. The van der Waals surface area contributed by atoms with Gasteiger partial charge >= 0.3 is 0 Å². The van der Waals surface area contributed by atoms with Crippen molar-refractivity contribution < 1.29 is 9.47 Å². The normalized spacial score (nSPS) is 23.9. The van der Waals surface area contributed by atoms with Crippen LogP contribution in [0, 0.1) is 0 Å². The van der Waals surface area contributed by atoms with Crippen LogP contribution in [-0.4, -0.2) is 42.7 Å². The zero-order valence-corrected chi connectivity index (χ0v) is 8.90. The number of aromatic amines is 1. The molecule has 0 amide bonds. The molecule has 5 heteroatoms. The van der Waals surface area contributed by atoms with E-state index in [4.69, 9.17) is 9.47 Å². The van der Waals surface area contributed by atoms with Crippen LogP contribution in [0.3, 0.4) is 0 Å². The summed E-state index contributed by atoms with van der Waals surface area (Å²) >= 11 is 0. The maximum atomic E-state index is 5.53. The number of hydrogen-bond donors (Lipinski definition) is 2. The summed E-state index contributed by atoms with van der Waals surface area (Å²) in [6, 6.07) is 2.23. The summed E-state index contributed by atoms with van der Waals surface area (Å²) in [6.07, 6.45) is 1.93. The van der Waals surface area contributed by atoms with E-state index < -0.39 is 0 Å². The number of nitrogens with one attached hydrogen (secondary N) is 2. The molecule has 5 nitrogen and oxygen atoms in total. The zero-order chi connectivity index (χ0) is 10.5. The molecule has 2 N–H and O–H groups in total. The maximum absolute atomic E-state index is 5.53. The van der Waals surface area contributed by atoms with Crippen molar-refractivity contribution in [3.8, 4) is 0 Å². The second-order valence-electron chi connectivity index (χ2n) is 3.71. The first-order valence-electron chi connectivity index (χ1n) is 5.28. The Morgan fingerprint density at radius 3 is 3.27 bits per heavy atom. The van der Waals surface area contributed by atoms with E-state index in [9.17, 15) is 0 Å². The Kier molecular flexibility index (Phi) is 3.71. The predicted octanol–water partition coefficient (Wildman–Crippen LogP) is 0.476. The average Bonchev–Trinajstić information content (AvgIpc) is 2.81. The molecule has 0 aliphatic carbocycles. The Hall–Kier alpha value is -0.910. The molecule has 2 heterocycles. The van der Waals surface area contributed by atoms with Gasteiger partial charge in [0.25, 0.3) is 0 Å². The Labute approximate surface area is 89.2 Å². The standard InChI is InChI=1S/C10H17N3O2/c1-8(10-2-3-12-13-10)11-6-9-7-14-4-5-15-9/h2-3,8-9,11H,4-7H2,1H3,(H,12,13). The molecule has 1 aromatic heterocycles. The molecule has 2 rings (SSSR count). The van der Waals surface area contributed by atoms with Gasteiger partial charge in [-0.15, -0.1) is 0 Å². The topological polar surface area (TPSA) is 59.2 Å². The molecule has 1 saturated heterocycles. The van der Waals surface area contributed by atoms with Crippen LogP contribution in [0.25, 0.3) is 0 Å². The van der Waals surface area contributed by atoms with Gasteiger partial charge in [-0.25, -0.2) is 0 Å². The molecule has 15 heavy (non-hydrogen) atoms. The van der Waals surface area contributed by atoms with Crippen molar-refractivity contribution in [1.82, 2.24) is 15.5 Å². The highest BCUT2D eigenvalue weighted by molar-refractivity contribution is 5.02. The molecular weight excluding hydrogens is 194 g/mol. The average molecular weight is 211 g/mol. The minimum atomic E-state index is 0.170. The van der Waals surface area contributed by atoms with Crippen LogP contribution in [0.15, 0.2) is 12.3 Å². The highest BCUT2D eigenvalue weighted by atomic mass is 16.6. The summed E-state index contributed by atoms with van der Waals surface area (Å²) < 4.78 is 10.9. The van der Waals surface area contributed by atoms with Gasteiger partial charge in [0, 0.05) is 18.8 Å². The maximum Gasteiger partial charge on any atom is 0.0933 e. The molecule has 1 aliphatic rings. The molecule has 84 valence electrons. The minimum absolute atomic E-state index is 0.170. The van der Waals surface area contributed by atoms with Gasteiger partial charge in [0.15, 0.2) is 0 Å². The lowest BCUT2D eigenvalue weighted by Gasteiger charge is -2.24. The van der Waals surface area contributed by atoms with E-state index in [0.29, 0.717) is 19.8 Å². The van der Waals surface area contributed by atoms with Gasteiger partial charge < -0.3 is 14.8 Å². The van der Waals surface area contributed by atoms with Gasteiger partial charge in [0.05, 0.1) is 31.6 Å². The third kappa shape index (κ3) is 3.02. The van der Waals surface area contributed by atoms with E-state index in [1.54, 1.807) is 6.20 Å². The van der Waals surface area contributed by atoms with Gasteiger partial charge in [-0.2, -0.15) is 5.10 Å². The van der Waals surface area contributed by atoms with Crippen LogP contribution in [0.5, 0.6) is 0 Å². The molecule has 1 aromatic rings. The Morgan fingerprint density at radius 2 is 2.60 bits per heavy atom. The van der Waals surface area contributed by atoms with Gasteiger partial charge in [-0.05, 0) is 13.0 Å². The minimum Gasteiger partial charge on any atom is -0.376 e. The van der Waals surface area contributed by atoms with Crippen molar-refractivity contribution >= 4 is 0 Å². The fourth-order valence-electron chi connectivity index (χ4n) is 1.58. The molecule has 0 radical (unpaired) electrons. The van der Waals surface area contributed by atoms with E-state index in [1.807, 2.05) is 6.07 Å². The van der Waals surface area contributed by atoms with E-state index in [1.165, 1.54) is 0 Å². The molecule has 0 aromatic carbocycles. The summed E-state index contributed by atoms with van der Waals surface area (Å²) in [5, 5.41) is 10.2. The van der Waals surface area contributed by atoms with Crippen LogP contribution >= 0.6 is 0 Å². The Bertz CT molecular complexity index is 270. The summed E-state index contributed by atoms with van der Waals surface area (Å²) in [5.41, 5.74) is 1.09. The SMILES string of the molecule is CC(NCC1COCCO1)c1ccn[nH]1. The van der Waals surface area contributed by atoms with Crippen molar-refractivity contribution in [1.29, 1.82) is 0 Å². The lowest BCUT2D eigenvalue weighted by molar-refractivity contribution is -0.0870. The van der Waals surface area contributed by atoms with Crippen LogP contribution in [0.4, 0.5) is 0 Å². The van der Waals surface area contributed by atoms with Crippen molar-refractivity contribution in [3.05, 3.63) is 18.0 Å². The summed E-state index contributed by atoms with van der Waals surface area (Å²) in [5.74, 6) is 0. The monoisotopic (exact) mass is 211 g/mol. The van der Waals surface area contributed by atoms with Gasteiger partial charge in [0.2, 0.25) is 0 Å². The van der Waals surface area contributed by atoms with E-state index in [-0.39, 0.29) is 12.1 Å². The first-order chi connectivity index (χ1) is 7.36. The van der Waals surface area contributed by atoms with E-state index in [0.717, 1.165) is 12.2 Å². The second-order valence-corrected chi connectivity index (χ2v) is 3.71. The second kappa shape index (κ2) is 5.25. The lowest BCUT2D eigenvalue weighted by Crippen LogP contribution is -2.38. The molecule has 0 spiro atoms. The van der Waals surface area contributed by atoms with Gasteiger partial charge in [-0.1, -0.05) is 0 Å². The van der Waals surface area contributed by atoms with Gasteiger partial charge in [0.1, 0.15) is 0 Å². The first-order valence-corrected chi connectivity index (χ1v) is 5.28. The van der Waals surface area contributed by atoms with Crippen molar-refractivity contribution in [2.45, 2.75) is 19.1 Å². The summed E-state index contributed by atoms with van der Waals surface area (Å²) in [4.78, 5) is 0. The number of rotatable bonds is 4. The number of ether oxygens (including phenoxy) is 2. The summed E-state index contributed by atoms with van der Waals surface area (Å²) in [7, 11) is 0. The highest BCUT2D eigenvalue weighted by Gasteiger charge is 2.15. The van der Waals surface area contributed by atoms with E-state index >= 15 is 0 Å². The fourth-order valence-corrected chi connectivity index (χ4v) is 1.58. The number of H-pyrrole nitrogens is 1. The predicted molar refractivity (Wildman–Crippen MR) is 55.6 cm³/mol. The molecule has 1 aliphatic heterocycles. The molecule has 0 bridgehead atoms. The molecule has 0 saturated carbocycles. The molecule has 2 atom stereocenters. The number of hydrogen-bond acceptors (Lipinski definition) is 4. The third-order valence-electron chi connectivity index (χ3n) is 2.53. The zero-order valence-electron chi connectivity index (χ0n) is 8.90. The Balaban J connectivity index is 1.73. The van der Waals surface area contributed by atoms with E-state index in [2.05, 4.69) is 22.4 Å². The van der Waals surface area contributed by atoms with Crippen LogP contribution in [-0.2, 0) is 9.47 Å². The quantitative estimate of drug-likeness (QED) is 0.760. The Morgan fingerprint density at radius 1 is 1.67 bits per heavy atom. The van der Waals surface area contributed by atoms with Crippen molar-refractivity contribution in [2.24, 2.45) is 0 Å². The molecule has 2 unspecified atom stereocenters. The smallest absolute Gasteiger partial charge is 0.0933 e. The number of aromatic nitrogens is 2. The van der Waals surface area contributed by atoms with Crippen molar-refractivity contribution in [2.75, 3.05) is 26.4 Å². The first kappa shape index (κ1) is 10.6. The third-order valence-corrected chi connectivity index (χ3v) is 2.53. The van der Waals surface area contributed by atoms with Gasteiger partial charge in [-0.3, -0.25) is 5.10 Å². The van der Waals surface area contributed by atoms with Crippen LogP contribution in [0.2, 0.25) is 0 Å². The molecular formula is C10H17N3O2. The fraction of sp³-hybridized carbons (Fsp3) is 0.700. The number of nitrogens with zero attached hydrogens (tertiary/aromatic N) is 1. The van der Waals surface area contributed by atoms with Crippen LogP contribution < -0.4 is 5.32 Å².